The Morgan fingerprint density at radius 1 is 1.48 bits per heavy atom. The number of amides is 1. The SMILES string of the molecule is CCCn1ncc(C(=O)N[C@H](C)[C@@H]2C[C@@H]3CC[C@@H]2C3)c1C. The fraction of sp³-hybridized carbons (Fsp3) is 0.765. The lowest BCUT2D eigenvalue weighted by molar-refractivity contribution is 0.0914. The highest BCUT2D eigenvalue weighted by Crippen LogP contribution is 2.49. The van der Waals surface area contributed by atoms with Crippen molar-refractivity contribution in [2.45, 2.75) is 65.5 Å². The summed E-state index contributed by atoms with van der Waals surface area (Å²) in [6, 6.07) is 0.279. The first-order valence-electron chi connectivity index (χ1n) is 8.43. The standard InChI is InChI=1S/C17H27N3O/c1-4-7-20-12(3)16(10-18-20)17(21)19-11(2)15-9-13-5-6-14(15)8-13/h10-11,13-15H,4-9H2,1-3H3,(H,19,21)/t11-,13-,14-,15+/m1/s1. The third-order valence-corrected chi connectivity index (χ3v) is 5.58. The maximum absolute atomic E-state index is 12.5. The predicted octanol–water partition coefficient (Wildman–Crippen LogP) is 3.16. The Labute approximate surface area is 127 Å². The number of hydrogen-bond acceptors (Lipinski definition) is 2. The van der Waals surface area contributed by atoms with E-state index in [0.29, 0.717) is 5.92 Å². The third kappa shape index (κ3) is 2.72. The summed E-state index contributed by atoms with van der Waals surface area (Å²) >= 11 is 0. The van der Waals surface area contributed by atoms with Crippen molar-refractivity contribution in [3.63, 3.8) is 0 Å². The second-order valence-corrected chi connectivity index (χ2v) is 6.97. The Morgan fingerprint density at radius 3 is 2.90 bits per heavy atom. The molecule has 4 nitrogen and oxygen atoms in total. The van der Waals surface area contributed by atoms with Gasteiger partial charge in [-0.3, -0.25) is 9.48 Å². The molecular formula is C17H27N3O. The molecule has 2 fully saturated rings. The number of carbonyl (C=O) groups excluding carboxylic acids is 1. The molecular weight excluding hydrogens is 262 g/mol. The number of rotatable bonds is 5. The van der Waals surface area contributed by atoms with Crippen molar-refractivity contribution in [3.8, 4) is 0 Å². The van der Waals surface area contributed by atoms with Crippen LogP contribution in [0.4, 0.5) is 0 Å². The summed E-state index contributed by atoms with van der Waals surface area (Å²) in [5.41, 5.74) is 1.72. The molecule has 4 atom stereocenters. The molecule has 2 aliphatic carbocycles. The number of fused-ring (bicyclic) bond motifs is 2. The van der Waals surface area contributed by atoms with Crippen LogP contribution < -0.4 is 5.32 Å². The normalized spacial score (nSPS) is 28.8. The minimum atomic E-state index is 0.0464. The van der Waals surface area contributed by atoms with Crippen molar-refractivity contribution in [2.75, 3.05) is 0 Å². The highest BCUT2D eigenvalue weighted by molar-refractivity contribution is 5.95. The summed E-state index contributed by atoms with van der Waals surface area (Å²) < 4.78 is 1.93. The lowest BCUT2D eigenvalue weighted by atomic mass is 9.84. The van der Waals surface area contributed by atoms with Gasteiger partial charge in [0.15, 0.2) is 0 Å². The Morgan fingerprint density at radius 2 is 2.29 bits per heavy atom. The van der Waals surface area contributed by atoms with Gasteiger partial charge in [-0.1, -0.05) is 13.3 Å². The van der Waals surface area contributed by atoms with Crippen LogP contribution in [-0.2, 0) is 6.54 Å². The van der Waals surface area contributed by atoms with Crippen LogP contribution in [0.15, 0.2) is 6.20 Å². The summed E-state index contributed by atoms with van der Waals surface area (Å²) in [4.78, 5) is 12.5. The molecule has 0 unspecified atom stereocenters. The Kier molecular flexibility index (Phi) is 4.05. The fourth-order valence-electron chi connectivity index (χ4n) is 4.40. The zero-order valence-corrected chi connectivity index (χ0v) is 13.4. The number of hydrogen-bond donors (Lipinski definition) is 1. The molecule has 2 saturated carbocycles. The second kappa shape index (κ2) is 5.82. The molecule has 1 amide bonds. The monoisotopic (exact) mass is 289 g/mol. The van der Waals surface area contributed by atoms with Crippen LogP contribution in [-0.4, -0.2) is 21.7 Å². The Hall–Kier alpha value is -1.32. The topological polar surface area (TPSA) is 46.9 Å². The lowest BCUT2D eigenvalue weighted by Crippen LogP contribution is -2.40. The van der Waals surface area contributed by atoms with Crippen molar-refractivity contribution in [3.05, 3.63) is 17.5 Å². The molecule has 116 valence electrons. The van der Waals surface area contributed by atoms with E-state index in [1.807, 2.05) is 11.6 Å². The van der Waals surface area contributed by atoms with Gasteiger partial charge in [0.2, 0.25) is 0 Å². The molecule has 0 spiro atoms. The first-order chi connectivity index (χ1) is 10.1. The molecule has 0 aliphatic heterocycles. The predicted molar refractivity (Wildman–Crippen MR) is 83.1 cm³/mol. The number of carbonyl (C=O) groups is 1. The third-order valence-electron chi connectivity index (χ3n) is 5.58. The van der Waals surface area contributed by atoms with Crippen molar-refractivity contribution in [1.82, 2.24) is 15.1 Å². The van der Waals surface area contributed by atoms with Crippen LogP contribution in [0.5, 0.6) is 0 Å². The molecule has 1 aromatic heterocycles. The van der Waals surface area contributed by atoms with E-state index in [-0.39, 0.29) is 11.9 Å². The van der Waals surface area contributed by atoms with Crippen molar-refractivity contribution >= 4 is 5.91 Å². The van der Waals surface area contributed by atoms with E-state index in [1.54, 1.807) is 6.20 Å². The minimum Gasteiger partial charge on any atom is -0.349 e. The van der Waals surface area contributed by atoms with E-state index in [9.17, 15) is 4.79 Å². The van der Waals surface area contributed by atoms with Gasteiger partial charge in [0, 0.05) is 18.3 Å². The molecule has 2 bridgehead atoms. The second-order valence-electron chi connectivity index (χ2n) is 6.97. The molecule has 21 heavy (non-hydrogen) atoms. The largest absolute Gasteiger partial charge is 0.349 e. The van der Waals surface area contributed by atoms with Gasteiger partial charge < -0.3 is 5.32 Å². The molecule has 3 rings (SSSR count). The fourth-order valence-corrected chi connectivity index (χ4v) is 4.40. The van der Waals surface area contributed by atoms with Gasteiger partial charge in [-0.2, -0.15) is 5.10 Å². The summed E-state index contributed by atoms with van der Waals surface area (Å²) in [6.45, 7) is 7.16. The Balaban J connectivity index is 1.63. The highest BCUT2D eigenvalue weighted by Gasteiger charge is 2.42. The minimum absolute atomic E-state index is 0.0464. The summed E-state index contributed by atoms with van der Waals surface area (Å²) in [7, 11) is 0. The van der Waals surface area contributed by atoms with Crippen molar-refractivity contribution in [2.24, 2.45) is 17.8 Å². The number of nitrogens with one attached hydrogen (secondary N) is 1. The van der Waals surface area contributed by atoms with Crippen LogP contribution in [0, 0.1) is 24.7 Å². The van der Waals surface area contributed by atoms with E-state index in [1.165, 1.54) is 25.7 Å². The lowest BCUT2D eigenvalue weighted by Gasteiger charge is -2.28. The van der Waals surface area contributed by atoms with Crippen LogP contribution in [0.1, 0.15) is 62.0 Å². The van der Waals surface area contributed by atoms with E-state index >= 15 is 0 Å². The average molecular weight is 289 g/mol. The van der Waals surface area contributed by atoms with Gasteiger partial charge in [0.05, 0.1) is 11.8 Å². The molecule has 0 saturated heterocycles. The molecule has 4 heteroatoms. The number of aryl methyl sites for hydroxylation is 1. The van der Waals surface area contributed by atoms with E-state index < -0.39 is 0 Å². The molecule has 0 radical (unpaired) electrons. The smallest absolute Gasteiger partial charge is 0.254 e. The molecule has 0 aromatic carbocycles. The summed E-state index contributed by atoms with van der Waals surface area (Å²) in [6.07, 6.45) is 8.21. The van der Waals surface area contributed by atoms with Crippen molar-refractivity contribution in [1.29, 1.82) is 0 Å². The number of nitrogens with zero attached hydrogens (tertiary/aromatic N) is 2. The molecule has 2 aliphatic rings. The molecule has 1 N–H and O–H groups in total. The van der Waals surface area contributed by atoms with Crippen LogP contribution >= 0.6 is 0 Å². The molecule has 1 aromatic rings. The first kappa shape index (κ1) is 14.6. The van der Waals surface area contributed by atoms with Gasteiger partial charge in [-0.05, 0) is 57.3 Å². The van der Waals surface area contributed by atoms with Crippen LogP contribution in [0.25, 0.3) is 0 Å². The van der Waals surface area contributed by atoms with E-state index in [2.05, 4.69) is 24.3 Å². The van der Waals surface area contributed by atoms with Gasteiger partial charge in [0.1, 0.15) is 0 Å². The maximum Gasteiger partial charge on any atom is 0.254 e. The van der Waals surface area contributed by atoms with Crippen molar-refractivity contribution < 1.29 is 4.79 Å². The van der Waals surface area contributed by atoms with Gasteiger partial charge in [-0.15, -0.1) is 0 Å². The van der Waals surface area contributed by atoms with Gasteiger partial charge in [0.25, 0.3) is 5.91 Å². The van der Waals surface area contributed by atoms with Crippen LogP contribution in [0.3, 0.4) is 0 Å². The summed E-state index contributed by atoms with van der Waals surface area (Å²) in [5.74, 6) is 2.49. The molecule has 1 heterocycles. The first-order valence-corrected chi connectivity index (χ1v) is 8.43. The maximum atomic E-state index is 12.5. The van der Waals surface area contributed by atoms with E-state index in [0.717, 1.165) is 36.1 Å². The van der Waals surface area contributed by atoms with Gasteiger partial charge >= 0.3 is 0 Å². The van der Waals surface area contributed by atoms with Gasteiger partial charge in [-0.25, -0.2) is 0 Å². The quantitative estimate of drug-likeness (QED) is 0.905. The zero-order valence-electron chi connectivity index (χ0n) is 13.4. The number of aromatic nitrogens is 2. The Bertz CT molecular complexity index is 522. The average Bonchev–Trinajstić information content (AvgIpc) is 3.15. The highest BCUT2D eigenvalue weighted by atomic mass is 16.1. The summed E-state index contributed by atoms with van der Waals surface area (Å²) in [5, 5.41) is 7.55. The van der Waals surface area contributed by atoms with E-state index in [4.69, 9.17) is 0 Å². The van der Waals surface area contributed by atoms with Crippen LogP contribution in [0.2, 0.25) is 0 Å². The zero-order chi connectivity index (χ0) is 15.0.